The summed E-state index contributed by atoms with van der Waals surface area (Å²) in [6, 6.07) is 19.8. The van der Waals surface area contributed by atoms with Crippen molar-refractivity contribution in [2.75, 3.05) is 0 Å². The van der Waals surface area contributed by atoms with Gasteiger partial charge in [0.25, 0.3) is 0 Å². The molecule has 0 aliphatic rings. The summed E-state index contributed by atoms with van der Waals surface area (Å²) in [6.45, 7) is 5.55. The third-order valence-corrected chi connectivity index (χ3v) is 4.53. The molecule has 0 unspecified atom stereocenters. The van der Waals surface area contributed by atoms with E-state index in [-0.39, 0.29) is 22.4 Å². The molecule has 148 valence electrons. The van der Waals surface area contributed by atoms with E-state index in [4.69, 9.17) is 21.1 Å². The van der Waals surface area contributed by atoms with Crippen molar-refractivity contribution in [3.63, 3.8) is 0 Å². The predicted molar refractivity (Wildman–Crippen MR) is 114 cm³/mol. The van der Waals surface area contributed by atoms with Crippen LogP contribution in [-0.4, -0.2) is 18.0 Å². The molecule has 3 rings (SSSR count). The summed E-state index contributed by atoms with van der Waals surface area (Å²) in [7, 11) is 0. The van der Waals surface area contributed by atoms with E-state index in [0.29, 0.717) is 5.56 Å². The zero-order chi connectivity index (χ0) is 21.0. The van der Waals surface area contributed by atoms with Crippen LogP contribution in [0.25, 0.3) is 11.1 Å². The minimum atomic E-state index is -0.519. The fraction of sp³-hybridized carbons (Fsp3) is 0.167. The lowest BCUT2D eigenvalue weighted by molar-refractivity contribution is 0.0378. The van der Waals surface area contributed by atoms with Crippen molar-refractivity contribution in [2.24, 2.45) is 0 Å². The zero-order valence-corrected chi connectivity index (χ0v) is 17.2. The number of rotatable bonds is 5. The van der Waals surface area contributed by atoms with Gasteiger partial charge >= 0.3 is 11.9 Å². The average Bonchev–Trinajstić information content (AvgIpc) is 2.68. The lowest BCUT2D eigenvalue weighted by Gasteiger charge is -2.10. The Labute approximate surface area is 175 Å². The van der Waals surface area contributed by atoms with Crippen LogP contribution in [0.5, 0.6) is 5.75 Å². The summed E-state index contributed by atoms with van der Waals surface area (Å²) in [4.78, 5) is 24.4. The van der Waals surface area contributed by atoms with Gasteiger partial charge in [-0.25, -0.2) is 9.59 Å². The van der Waals surface area contributed by atoms with Crippen LogP contribution >= 0.6 is 11.6 Å². The zero-order valence-electron chi connectivity index (χ0n) is 16.4. The van der Waals surface area contributed by atoms with Crippen molar-refractivity contribution >= 4 is 23.5 Å². The van der Waals surface area contributed by atoms with Gasteiger partial charge in [0.15, 0.2) is 0 Å². The molecule has 0 aliphatic heterocycles. The average molecular weight is 409 g/mol. The van der Waals surface area contributed by atoms with Crippen LogP contribution in [0.1, 0.15) is 40.1 Å². The topological polar surface area (TPSA) is 52.6 Å². The lowest BCUT2D eigenvalue weighted by Crippen LogP contribution is -2.12. The van der Waals surface area contributed by atoms with Gasteiger partial charge in [-0.15, -0.1) is 0 Å². The highest BCUT2D eigenvalue weighted by molar-refractivity contribution is 6.33. The van der Waals surface area contributed by atoms with Crippen molar-refractivity contribution in [1.82, 2.24) is 0 Å². The van der Waals surface area contributed by atoms with Crippen LogP contribution in [0.15, 0.2) is 66.7 Å². The van der Waals surface area contributed by atoms with Gasteiger partial charge in [-0.05, 0) is 56.2 Å². The van der Waals surface area contributed by atoms with Crippen molar-refractivity contribution in [3.8, 4) is 16.9 Å². The van der Waals surface area contributed by atoms with E-state index in [0.717, 1.165) is 11.1 Å². The minimum absolute atomic E-state index is 0.163. The summed E-state index contributed by atoms with van der Waals surface area (Å²) in [5.41, 5.74) is 3.92. The van der Waals surface area contributed by atoms with Crippen molar-refractivity contribution < 1.29 is 19.1 Å². The largest absolute Gasteiger partial charge is 0.459 e. The molecule has 29 heavy (non-hydrogen) atoms. The number of aryl methyl sites for hydroxylation is 1. The van der Waals surface area contributed by atoms with Gasteiger partial charge in [0, 0.05) is 6.07 Å². The minimum Gasteiger partial charge on any atom is -0.459 e. The number of hydrogen-bond donors (Lipinski definition) is 0. The molecule has 0 radical (unpaired) electrons. The Morgan fingerprint density at radius 2 is 1.41 bits per heavy atom. The third kappa shape index (κ3) is 5.24. The summed E-state index contributed by atoms with van der Waals surface area (Å²) < 4.78 is 10.5. The van der Waals surface area contributed by atoms with E-state index >= 15 is 0 Å². The molecule has 0 heterocycles. The number of halogens is 1. The Morgan fingerprint density at radius 1 is 0.828 bits per heavy atom. The molecule has 5 heteroatoms. The van der Waals surface area contributed by atoms with Gasteiger partial charge in [-0.3, -0.25) is 0 Å². The number of hydrogen-bond acceptors (Lipinski definition) is 4. The smallest absolute Gasteiger partial charge is 0.343 e. The quantitative estimate of drug-likeness (QED) is 0.378. The standard InChI is InChI=1S/C24H21ClO4/c1-15(2)28-24(27)21-13-12-20(14-22(21)25)29-23(26)19-10-8-18(9-11-19)17-6-4-16(3)5-7-17/h4-15H,1-3H3. The molecule has 0 spiro atoms. The lowest BCUT2D eigenvalue weighted by atomic mass is 10.0. The summed E-state index contributed by atoms with van der Waals surface area (Å²) >= 11 is 6.14. The van der Waals surface area contributed by atoms with E-state index in [1.54, 1.807) is 26.0 Å². The summed E-state index contributed by atoms with van der Waals surface area (Å²) in [5, 5.41) is 0.163. The van der Waals surface area contributed by atoms with Gasteiger partial charge in [0.05, 0.1) is 22.3 Å². The first-order chi connectivity index (χ1) is 13.8. The first-order valence-electron chi connectivity index (χ1n) is 9.23. The third-order valence-electron chi connectivity index (χ3n) is 4.22. The van der Waals surface area contributed by atoms with Crippen molar-refractivity contribution in [1.29, 1.82) is 0 Å². The van der Waals surface area contributed by atoms with E-state index in [9.17, 15) is 9.59 Å². The number of esters is 2. The van der Waals surface area contributed by atoms with Gasteiger partial charge in [-0.2, -0.15) is 0 Å². The van der Waals surface area contributed by atoms with Crippen LogP contribution in [0.3, 0.4) is 0 Å². The maximum atomic E-state index is 12.4. The molecule has 3 aromatic carbocycles. The molecule has 0 bridgehead atoms. The van der Waals surface area contributed by atoms with Crippen molar-refractivity contribution in [2.45, 2.75) is 26.9 Å². The van der Waals surface area contributed by atoms with Gasteiger partial charge in [0.2, 0.25) is 0 Å². The van der Waals surface area contributed by atoms with E-state index in [2.05, 4.69) is 0 Å². The summed E-state index contributed by atoms with van der Waals surface area (Å²) in [5.74, 6) is -0.771. The summed E-state index contributed by atoms with van der Waals surface area (Å²) in [6.07, 6.45) is -0.251. The number of benzene rings is 3. The molecule has 4 nitrogen and oxygen atoms in total. The second-order valence-corrected chi connectivity index (χ2v) is 7.34. The van der Waals surface area contributed by atoms with E-state index in [1.807, 2.05) is 43.3 Å². The van der Waals surface area contributed by atoms with E-state index in [1.165, 1.54) is 23.8 Å². The van der Waals surface area contributed by atoms with Gasteiger partial charge < -0.3 is 9.47 Å². The molecule has 0 aliphatic carbocycles. The Balaban J connectivity index is 1.70. The first-order valence-corrected chi connectivity index (χ1v) is 9.61. The fourth-order valence-corrected chi connectivity index (χ4v) is 2.96. The number of ether oxygens (including phenoxy) is 2. The van der Waals surface area contributed by atoms with Crippen LogP contribution in [0.2, 0.25) is 5.02 Å². The molecular formula is C24H21ClO4. The second-order valence-electron chi connectivity index (χ2n) is 6.93. The highest BCUT2D eigenvalue weighted by Crippen LogP contribution is 2.25. The highest BCUT2D eigenvalue weighted by Gasteiger charge is 2.16. The van der Waals surface area contributed by atoms with Crippen LogP contribution in [-0.2, 0) is 4.74 Å². The van der Waals surface area contributed by atoms with Gasteiger partial charge in [0.1, 0.15) is 5.75 Å². The SMILES string of the molecule is Cc1ccc(-c2ccc(C(=O)Oc3ccc(C(=O)OC(C)C)c(Cl)c3)cc2)cc1. The Morgan fingerprint density at radius 3 is 1.97 bits per heavy atom. The fourth-order valence-electron chi connectivity index (χ4n) is 2.71. The van der Waals surface area contributed by atoms with E-state index < -0.39 is 11.9 Å². The maximum Gasteiger partial charge on any atom is 0.343 e. The normalized spacial score (nSPS) is 10.7. The molecule has 0 saturated heterocycles. The Kier molecular flexibility index (Phi) is 6.35. The van der Waals surface area contributed by atoms with Crippen LogP contribution < -0.4 is 4.74 Å². The second kappa shape index (κ2) is 8.93. The molecule has 0 aromatic heterocycles. The predicted octanol–water partition coefficient (Wildman–Crippen LogP) is 6.10. The Bertz CT molecular complexity index is 1020. The number of carbonyl (C=O) groups is 2. The highest BCUT2D eigenvalue weighted by atomic mass is 35.5. The molecular weight excluding hydrogens is 388 g/mol. The first kappa shape index (κ1) is 20.6. The molecule has 0 saturated carbocycles. The van der Waals surface area contributed by atoms with Crippen LogP contribution in [0.4, 0.5) is 0 Å². The molecule has 0 fully saturated rings. The number of carbonyl (C=O) groups excluding carboxylic acids is 2. The Hall–Kier alpha value is -3.11. The molecule has 0 atom stereocenters. The van der Waals surface area contributed by atoms with Crippen molar-refractivity contribution in [3.05, 3.63) is 88.4 Å². The van der Waals surface area contributed by atoms with Crippen LogP contribution in [0, 0.1) is 6.92 Å². The molecule has 0 N–H and O–H groups in total. The molecule has 0 amide bonds. The molecule has 3 aromatic rings. The maximum absolute atomic E-state index is 12.4. The monoisotopic (exact) mass is 408 g/mol. The van der Waals surface area contributed by atoms with Gasteiger partial charge in [-0.1, -0.05) is 53.6 Å².